The normalized spacial score (nSPS) is 11.7. The molecular weight excluding hydrogens is 509 g/mol. The van der Waals surface area contributed by atoms with E-state index in [1.165, 1.54) is 0 Å². The van der Waals surface area contributed by atoms with Gasteiger partial charge in [-0.2, -0.15) is 20.2 Å². The lowest BCUT2D eigenvalue weighted by Gasteiger charge is -2.12. The molecule has 0 aliphatic heterocycles. The minimum Gasteiger partial charge on any atom is -0.495 e. The quantitative estimate of drug-likeness (QED) is 0.155. The van der Waals surface area contributed by atoms with Gasteiger partial charge in [-0.25, -0.2) is 5.43 Å². The molecule has 188 valence electrons. The summed E-state index contributed by atoms with van der Waals surface area (Å²) in [6, 6.07) is 24.2. The van der Waals surface area contributed by atoms with Gasteiger partial charge in [-0.15, -0.1) is 0 Å². The van der Waals surface area contributed by atoms with E-state index in [0.29, 0.717) is 27.4 Å². The molecule has 4 aromatic rings. The number of nitrogens with zero attached hydrogens (tertiary/aromatic N) is 4. The molecule has 0 bridgehead atoms. The highest BCUT2D eigenvalue weighted by Gasteiger charge is 2.09. The molecule has 4 rings (SSSR count). The molecule has 0 unspecified atom stereocenters. The Morgan fingerprint density at radius 3 is 1.86 bits per heavy atom. The summed E-state index contributed by atoms with van der Waals surface area (Å²) in [7, 11) is 1.61. The standard InChI is InChI=1S/C27H25Cl2N7O/c1-17(19-8-12-21(28)13-9-19)33-35-26-16-25(30-23-6-4-5-7-24(23)37-3)31-27(32-26)36-34-18(2)20-10-14-22(29)15-11-20/h4-16H,1-3H3,(H3,30,31,32,35,36). The number of rotatable bonds is 9. The molecule has 0 radical (unpaired) electrons. The minimum atomic E-state index is 0.273. The Labute approximate surface area is 225 Å². The molecule has 3 aromatic carbocycles. The highest BCUT2D eigenvalue weighted by Crippen LogP contribution is 2.27. The van der Waals surface area contributed by atoms with E-state index < -0.39 is 0 Å². The van der Waals surface area contributed by atoms with Crippen LogP contribution in [0.1, 0.15) is 25.0 Å². The van der Waals surface area contributed by atoms with Crippen molar-refractivity contribution in [2.45, 2.75) is 13.8 Å². The topological polar surface area (TPSA) is 95.8 Å². The van der Waals surface area contributed by atoms with Gasteiger partial charge in [0.1, 0.15) is 11.6 Å². The van der Waals surface area contributed by atoms with Crippen molar-refractivity contribution in [3.8, 4) is 5.75 Å². The molecule has 1 aromatic heterocycles. The van der Waals surface area contributed by atoms with Crippen LogP contribution in [0.2, 0.25) is 10.0 Å². The van der Waals surface area contributed by atoms with Crippen LogP contribution >= 0.6 is 23.2 Å². The zero-order chi connectivity index (χ0) is 26.2. The van der Waals surface area contributed by atoms with Crippen LogP contribution in [-0.2, 0) is 0 Å². The van der Waals surface area contributed by atoms with E-state index >= 15 is 0 Å². The molecule has 0 aliphatic carbocycles. The van der Waals surface area contributed by atoms with Crippen LogP contribution in [0, 0.1) is 0 Å². The Morgan fingerprint density at radius 1 is 0.730 bits per heavy atom. The lowest BCUT2D eigenvalue weighted by atomic mass is 10.1. The fraction of sp³-hybridized carbons (Fsp3) is 0.111. The van der Waals surface area contributed by atoms with E-state index in [9.17, 15) is 0 Å². The number of halogens is 2. The molecular formula is C27H25Cl2N7O. The highest BCUT2D eigenvalue weighted by atomic mass is 35.5. The van der Waals surface area contributed by atoms with Gasteiger partial charge >= 0.3 is 0 Å². The second-order valence-electron chi connectivity index (χ2n) is 7.92. The van der Waals surface area contributed by atoms with Gasteiger partial charge in [0.15, 0.2) is 5.82 Å². The first-order valence-corrected chi connectivity index (χ1v) is 12.1. The van der Waals surface area contributed by atoms with Crippen LogP contribution in [0.25, 0.3) is 0 Å². The molecule has 0 atom stereocenters. The zero-order valence-electron chi connectivity index (χ0n) is 20.5. The summed E-state index contributed by atoms with van der Waals surface area (Å²) in [5, 5.41) is 13.5. The number of para-hydroxylation sites is 2. The van der Waals surface area contributed by atoms with Crippen molar-refractivity contribution in [1.29, 1.82) is 0 Å². The number of methoxy groups -OCH3 is 1. The monoisotopic (exact) mass is 533 g/mol. The Kier molecular flexibility index (Phi) is 8.56. The number of hydrogen-bond donors (Lipinski definition) is 3. The largest absolute Gasteiger partial charge is 0.495 e. The van der Waals surface area contributed by atoms with Gasteiger partial charge in [-0.3, -0.25) is 5.43 Å². The van der Waals surface area contributed by atoms with Crippen molar-refractivity contribution in [2.24, 2.45) is 10.2 Å². The summed E-state index contributed by atoms with van der Waals surface area (Å²) in [6.07, 6.45) is 0. The average molecular weight is 534 g/mol. The Hall–Kier alpha value is -4.14. The maximum absolute atomic E-state index is 6.00. The van der Waals surface area contributed by atoms with Gasteiger partial charge in [0.25, 0.3) is 0 Å². The van der Waals surface area contributed by atoms with Crippen LogP contribution in [-0.4, -0.2) is 28.5 Å². The van der Waals surface area contributed by atoms with Gasteiger partial charge in [-0.05, 0) is 61.4 Å². The molecule has 0 saturated carbocycles. The third-order valence-corrected chi connectivity index (χ3v) is 5.79. The molecule has 0 spiro atoms. The van der Waals surface area contributed by atoms with Crippen molar-refractivity contribution < 1.29 is 4.74 Å². The van der Waals surface area contributed by atoms with E-state index in [1.54, 1.807) is 13.2 Å². The molecule has 0 fully saturated rings. The molecule has 8 nitrogen and oxygen atoms in total. The third kappa shape index (κ3) is 7.19. The van der Waals surface area contributed by atoms with E-state index in [2.05, 4.69) is 36.3 Å². The van der Waals surface area contributed by atoms with Gasteiger partial charge in [0, 0.05) is 16.1 Å². The van der Waals surface area contributed by atoms with Gasteiger partial charge in [-0.1, -0.05) is 59.6 Å². The van der Waals surface area contributed by atoms with Crippen molar-refractivity contribution in [1.82, 2.24) is 9.97 Å². The van der Waals surface area contributed by atoms with Crippen molar-refractivity contribution >= 4 is 57.9 Å². The Balaban J connectivity index is 1.62. The fourth-order valence-corrected chi connectivity index (χ4v) is 3.54. The number of ether oxygens (including phenoxy) is 1. The summed E-state index contributed by atoms with van der Waals surface area (Å²) < 4.78 is 5.45. The molecule has 0 aliphatic rings. The summed E-state index contributed by atoms with van der Waals surface area (Å²) in [5.74, 6) is 1.93. The third-order valence-electron chi connectivity index (χ3n) is 5.28. The smallest absolute Gasteiger partial charge is 0.247 e. The summed E-state index contributed by atoms with van der Waals surface area (Å²) >= 11 is 12.0. The maximum atomic E-state index is 6.00. The summed E-state index contributed by atoms with van der Waals surface area (Å²) in [6.45, 7) is 3.77. The number of hydrogen-bond acceptors (Lipinski definition) is 8. The minimum absolute atomic E-state index is 0.273. The summed E-state index contributed by atoms with van der Waals surface area (Å²) in [4.78, 5) is 9.07. The summed E-state index contributed by atoms with van der Waals surface area (Å²) in [5.41, 5.74) is 10.1. The molecule has 1 heterocycles. The fourth-order valence-electron chi connectivity index (χ4n) is 3.29. The molecule has 37 heavy (non-hydrogen) atoms. The zero-order valence-corrected chi connectivity index (χ0v) is 22.0. The van der Waals surface area contributed by atoms with Crippen LogP contribution in [0.15, 0.2) is 89.1 Å². The van der Waals surface area contributed by atoms with E-state index in [-0.39, 0.29) is 5.95 Å². The van der Waals surface area contributed by atoms with Gasteiger partial charge in [0.05, 0.1) is 24.2 Å². The second kappa shape index (κ2) is 12.2. The first-order valence-electron chi connectivity index (χ1n) is 11.3. The van der Waals surface area contributed by atoms with Crippen molar-refractivity contribution in [2.75, 3.05) is 23.3 Å². The van der Waals surface area contributed by atoms with Gasteiger partial charge in [0.2, 0.25) is 5.95 Å². The predicted octanol–water partition coefficient (Wildman–Crippen LogP) is 7.21. The van der Waals surface area contributed by atoms with E-state index in [4.69, 9.17) is 27.9 Å². The van der Waals surface area contributed by atoms with Crippen LogP contribution in [0.5, 0.6) is 5.75 Å². The highest BCUT2D eigenvalue weighted by molar-refractivity contribution is 6.31. The number of anilines is 4. The molecule has 0 saturated heterocycles. The average Bonchev–Trinajstić information content (AvgIpc) is 2.91. The lowest BCUT2D eigenvalue weighted by molar-refractivity contribution is 0.417. The number of hydrazone groups is 2. The maximum Gasteiger partial charge on any atom is 0.247 e. The van der Waals surface area contributed by atoms with E-state index in [1.807, 2.05) is 86.6 Å². The van der Waals surface area contributed by atoms with Crippen molar-refractivity contribution in [3.63, 3.8) is 0 Å². The number of benzene rings is 3. The lowest BCUT2D eigenvalue weighted by Crippen LogP contribution is -2.07. The molecule has 3 N–H and O–H groups in total. The first kappa shape index (κ1) is 25.9. The Morgan fingerprint density at radius 2 is 1.27 bits per heavy atom. The number of aromatic nitrogens is 2. The number of nitrogens with one attached hydrogen (secondary N) is 3. The van der Waals surface area contributed by atoms with E-state index in [0.717, 1.165) is 28.2 Å². The van der Waals surface area contributed by atoms with Crippen LogP contribution in [0.4, 0.5) is 23.3 Å². The van der Waals surface area contributed by atoms with Crippen LogP contribution < -0.4 is 20.9 Å². The SMILES string of the molecule is COc1ccccc1Nc1cc(NN=C(C)c2ccc(Cl)cc2)nc(NN=C(C)c2ccc(Cl)cc2)n1. The molecule has 0 amide bonds. The predicted molar refractivity (Wildman–Crippen MR) is 153 cm³/mol. The first-order chi connectivity index (χ1) is 17.9. The van der Waals surface area contributed by atoms with Gasteiger partial charge < -0.3 is 10.1 Å². The molecule has 10 heteroatoms. The Bertz CT molecular complexity index is 1340. The van der Waals surface area contributed by atoms with Crippen LogP contribution in [0.3, 0.4) is 0 Å². The van der Waals surface area contributed by atoms with Crippen molar-refractivity contribution in [3.05, 3.63) is 100 Å². The second-order valence-corrected chi connectivity index (χ2v) is 8.79.